The SMILES string of the molecule is Nc1ccc(O)c(N)c1[N+](=O)[O-]. The van der Waals surface area contributed by atoms with Crippen LogP contribution >= 0.6 is 0 Å². The van der Waals surface area contributed by atoms with E-state index in [0.29, 0.717) is 0 Å². The van der Waals surface area contributed by atoms with E-state index in [-0.39, 0.29) is 17.1 Å². The van der Waals surface area contributed by atoms with E-state index in [1.807, 2.05) is 0 Å². The summed E-state index contributed by atoms with van der Waals surface area (Å²) < 4.78 is 0. The first-order chi connectivity index (χ1) is 5.54. The molecule has 1 aromatic rings. The molecule has 0 atom stereocenters. The number of nitrogens with zero attached hydrogens (tertiary/aromatic N) is 1. The van der Waals surface area contributed by atoms with Crippen molar-refractivity contribution in [3.8, 4) is 5.75 Å². The van der Waals surface area contributed by atoms with Crippen LogP contribution in [0.1, 0.15) is 0 Å². The van der Waals surface area contributed by atoms with E-state index >= 15 is 0 Å². The van der Waals surface area contributed by atoms with Gasteiger partial charge in [-0.25, -0.2) is 0 Å². The topological polar surface area (TPSA) is 115 Å². The number of nitro groups is 1. The van der Waals surface area contributed by atoms with E-state index in [1.54, 1.807) is 0 Å². The number of nitrogen functional groups attached to an aromatic ring is 2. The van der Waals surface area contributed by atoms with Crippen LogP contribution in [0.2, 0.25) is 0 Å². The number of hydrogen-bond acceptors (Lipinski definition) is 5. The molecule has 0 aliphatic rings. The molecule has 0 unspecified atom stereocenters. The summed E-state index contributed by atoms with van der Waals surface area (Å²) in [7, 11) is 0. The summed E-state index contributed by atoms with van der Waals surface area (Å²) in [6.45, 7) is 0. The quantitative estimate of drug-likeness (QED) is 0.186. The fourth-order valence-electron chi connectivity index (χ4n) is 0.818. The van der Waals surface area contributed by atoms with Crippen LogP contribution in [0.4, 0.5) is 17.1 Å². The van der Waals surface area contributed by atoms with Crippen LogP contribution in [-0.4, -0.2) is 10.0 Å². The Morgan fingerprint density at radius 2 is 2.00 bits per heavy atom. The summed E-state index contributed by atoms with van der Waals surface area (Å²) in [5, 5.41) is 19.3. The third kappa shape index (κ3) is 1.09. The molecule has 6 nitrogen and oxygen atoms in total. The molecule has 64 valence electrons. The molecule has 12 heavy (non-hydrogen) atoms. The normalized spacial score (nSPS) is 9.67. The van der Waals surface area contributed by atoms with E-state index < -0.39 is 10.6 Å². The van der Waals surface area contributed by atoms with Crippen LogP contribution in [0.5, 0.6) is 5.75 Å². The fourth-order valence-corrected chi connectivity index (χ4v) is 0.818. The molecule has 0 saturated carbocycles. The molecule has 0 heterocycles. The average molecular weight is 169 g/mol. The largest absolute Gasteiger partial charge is 0.506 e. The smallest absolute Gasteiger partial charge is 0.318 e. The lowest BCUT2D eigenvalue weighted by Crippen LogP contribution is -2.00. The molecular formula is C6H7N3O3. The van der Waals surface area contributed by atoms with Gasteiger partial charge >= 0.3 is 5.69 Å². The van der Waals surface area contributed by atoms with Gasteiger partial charge in [0, 0.05) is 0 Å². The van der Waals surface area contributed by atoms with Crippen LogP contribution in [0.15, 0.2) is 12.1 Å². The van der Waals surface area contributed by atoms with Gasteiger partial charge in [0.05, 0.1) is 4.92 Å². The number of hydrogen-bond donors (Lipinski definition) is 3. The zero-order valence-electron chi connectivity index (χ0n) is 6.02. The Kier molecular flexibility index (Phi) is 1.74. The molecule has 1 aromatic carbocycles. The molecule has 5 N–H and O–H groups in total. The van der Waals surface area contributed by atoms with E-state index in [0.717, 1.165) is 0 Å². The van der Waals surface area contributed by atoms with Crippen molar-refractivity contribution in [2.24, 2.45) is 0 Å². The maximum atomic E-state index is 10.3. The molecule has 0 fully saturated rings. The monoisotopic (exact) mass is 169 g/mol. The number of rotatable bonds is 1. The Hall–Kier alpha value is -1.98. The molecule has 6 heteroatoms. The first-order valence-corrected chi connectivity index (χ1v) is 3.05. The van der Waals surface area contributed by atoms with Crippen LogP contribution in [0, 0.1) is 10.1 Å². The van der Waals surface area contributed by atoms with Crippen molar-refractivity contribution in [1.29, 1.82) is 0 Å². The molecule has 0 saturated heterocycles. The Morgan fingerprint density at radius 3 is 2.42 bits per heavy atom. The fraction of sp³-hybridized carbons (Fsp3) is 0. The van der Waals surface area contributed by atoms with E-state index in [1.165, 1.54) is 12.1 Å². The third-order valence-corrected chi connectivity index (χ3v) is 1.41. The van der Waals surface area contributed by atoms with Crippen LogP contribution in [0.25, 0.3) is 0 Å². The van der Waals surface area contributed by atoms with Gasteiger partial charge in [0.15, 0.2) is 5.69 Å². The predicted octanol–water partition coefficient (Wildman–Crippen LogP) is 0.465. The number of nitro benzene ring substituents is 1. The van der Waals surface area contributed by atoms with Crippen LogP contribution in [-0.2, 0) is 0 Å². The number of benzene rings is 1. The second kappa shape index (κ2) is 2.57. The van der Waals surface area contributed by atoms with Gasteiger partial charge in [0.1, 0.15) is 11.4 Å². The highest BCUT2D eigenvalue weighted by atomic mass is 16.6. The van der Waals surface area contributed by atoms with Gasteiger partial charge < -0.3 is 16.6 Å². The molecule has 0 aliphatic carbocycles. The zero-order chi connectivity index (χ0) is 9.30. The van der Waals surface area contributed by atoms with Crippen molar-refractivity contribution in [3.05, 3.63) is 22.2 Å². The van der Waals surface area contributed by atoms with Gasteiger partial charge in [-0.05, 0) is 12.1 Å². The lowest BCUT2D eigenvalue weighted by Gasteiger charge is -2.01. The third-order valence-electron chi connectivity index (χ3n) is 1.41. The number of phenols is 1. The Labute approximate surface area is 67.6 Å². The zero-order valence-corrected chi connectivity index (χ0v) is 6.02. The molecule has 0 bridgehead atoms. The minimum absolute atomic E-state index is 0.0599. The highest BCUT2D eigenvalue weighted by molar-refractivity contribution is 5.77. The molecule has 0 aliphatic heterocycles. The van der Waals surface area contributed by atoms with Crippen molar-refractivity contribution in [2.45, 2.75) is 0 Å². The average Bonchev–Trinajstić information content (AvgIpc) is 1.97. The minimum Gasteiger partial charge on any atom is -0.506 e. The standard InChI is InChI=1S/C6H7N3O3/c7-3-1-2-4(10)5(8)6(3)9(11)12/h1-2,10H,7-8H2. The predicted molar refractivity (Wildman–Crippen MR) is 43.6 cm³/mol. The van der Waals surface area contributed by atoms with E-state index in [2.05, 4.69) is 0 Å². The Balaban J connectivity index is 3.43. The highest BCUT2D eigenvalue weighted by Crippen LogP contribution is 2.35. The summed E-state index contributed by atoms with van der Waals surface area (Å²) in [4.78, 5) is 9.60. The minimum atomic E-state index is -0.732. The lowest BCUT2D eigenvalue weighted by atomic mass is 10.2. The van der Waals surface area contributed by atoms with Crippen LogP contribution in [0.3, 0.4) is 0 Å². The second-order valence-corrected chi connectivity index (χ2v) is 2.19. The van der Waals surface area contributed by atoms with Crippen molar-refractivity contribution < 1.29 is 10.0 Å². The lowest BCUT2D eigenvalue weighted by molar-refractivity contribution is -0.383. The molecule has 1 rings (SSSR count). The molecule has 0 radical (unpaired) electrons. The highest BCUT2D eigenvalue weighted by Gasteiger charge is 2.18. The molecule has 0 aromatic heterocycles. The van der Waals surface area contributed by atoms with Gasteiger partial charge in [-0.3, -0.25) is 10.1 Å². The summed E-state index contributed by atoms with van der Waals surface area (Å²) in [6, 6.07) is 2.43. The maximum absolute atomic E-state index is 10.3. The molecular weight excluding hydrogens is 162 g/mol. The van der Waals surface area contributed by atoms with Gasteiger partial charge in [-0.2, -0.15) is 0 Å². The van der Waals surface area contributed by atoms with Gasteiger partial charge in [0.25, 0.3) is 0 Å². The Morgan fingerprint density at radius 1 is 1.42 bits per heavy atom. The first-order valence-electron chi connectivity index (χ1n) is 3.05. The molecule has 0 spiro atoms. The second-order valence-electron chi connectivity index (χ2n) is 2.19. The summed E-state index contributed by atoms with van der Waals surface area (Å²) in [6.07, 6.45) is 0. The van der Waals surface area contributed by atoms with Crippen molar-refractivity contribution >= 4 is 17.1 Å². The number of anilines is 2. The van der Waals surface area contributed by atoms with Gasteiger partial charge in [-0.1, -0.05) is 0 Å². The number of aromatic hydroxyl groups is 1. The van der Waals surface area contributed by atoms with E-state index in [9.17, 15) is 10.1 Å². The van der Waals surface area contributed by atoms with Crippen LogP contribution < -0.4 is 11.5 Å². The molecule has 0 amide bonds. The van der Waals surface area contributed by atoms with Crippen molar-refractivity contribution in [1.82, 2.24) is 0 Å². The summed E-state index contributed by atoms with van der Waals surface area (Å²) >= 11 is 0. The maximum Gasteiger partial charge on any atom is 0.318 e. The van der Waals surface area contributed by atoms with Crippen molar-refractivity contribution in [3.63, 3.8) is 0 Å². The number of phenolic OH excluding ortho intramolecular Hbond substituents is 1. The summed E-state index contributed by atoms with van der Waals surface area (Å²) in [5.74, 6) is -0.337. The van der Waals surface area contributed by atoms with Crippen molar-refractivity contribution in [2.75, 3.05) is 11.5 Å². The first kappa shape index (κ1) is 8.12. The van der Waals surface area contributed by atoms with Gasteiger partial charge in [0.2, 0.25) is 0 Å². The summed E-state index contributed by atoms with van der Waals surface area (Å²) in [5.41, 5.74) is 9.66. The number of nitrogens with two attached hydrogens (primary N) is 2. The van der Waals surface area contributed by atoms with E-state index in [4.69, 9.17) is 16.6 Å². The van der Waals surface area contributed by atoms with Gasteiger partial charge in [-0.15, -0.1) is 0 Å². The Bertz CT molecular complexity index is 337.